The van der Waals surface area contributed by atoms with Crippen LogP contribution < -0.4 is 16.4 Å². The van der Waals surface area contributed by atoms with Gasteiger partial charge in [0.15, 0.2) is 5.88 Å². The van der Waals surface area contributed by atoms with E-state index in [9.17, 15) is 22.4 Å². The molecule has 186 valence electrons. The summed E-state index contributed by atoms with van der Waals surface area (Å²) >= 11 is 0. The van der Waals surface area contributed by atoms with Crippen LogP contribution in [0.2, 0.25) is 0 Å². The number of piperazine rings is 1. The molecule has 1 unspecified atom stereocenters. The third kappa shape index (κ3) is 6.48. The highest BCUT2D eigenvalue weighted by atomic mass is 19.4. The third-order valence-corrected chi connectivity index (χ3v) is 5.60. The Labute approximate surface area is 195 Å². The molecule has 34 heavy (non-hydrogen) atoms. The minimum absolute atomic E-state index is 0.0388. The Bertz CT molecular complexity index is 953. The highest BCUT2D eigenvalue weighted by Gasteiger charge is 2.39. The number of aliphatic imine (C=N–C) groups is 1. The van der Waals surface area contributed by atoms with E-state index in [1.807, 2.05) is 0 Å². The van der Waals surface area contributed by atoms with Gasteiger partial charge in [0.1, 0.15) is 5.82 Å². The molecule has 0 saturated carbocycles. The number of hydrogen-bond donors (Lipinski definition) is 2. The summed E-state index contributed by atoms with van der Waals surface area (Å²) in [5.41, 5.74) is 11.8. The SMILES string of the molecule is CCN1CCN(C(=O)N(CC2=NCC(=C(N)OC(N)C(F)(F)F)C=C2)c2ccc(F)cc2)CC1. The number of carbonyl (C=O) groups is 1. The second kappa shape index (κ2) is 10.9. The van der Waals surface area contributed by atoms with Gasteiger partial charge in [-0.25, -0.2) is 9.18 Å². The fraction of sp³-hybridized carbons (Fsp3) is 0.455. The van der Waals surface area contributed by atoms with Crippen molar-refractivity contribution in [2.75, 3.05) is 50.7 Å². The molecule has 0 spiro atoms. The van der Waals surface area contributed by atoms with Crippen molar-refractivity contribution in [3.63, 3.8) is 0 Å². The van der Waals surface area contributed by atoms with Crippen molar-refractivity contribution in [2.24, 2.45) is 16.5 Å². The Kier molecular flexibility index (Phi) is 8.15. The van der Waals surface area contributed by atoms with Gasteiger partial charge in [0.2, 0.25) is 6.23 Å². The van der Waals surface area contributed by atoms with Crippen LogP contribution in [-0.2, 0) is 4.74 Å². The van der Waals surface area contributed by atoms with E-state index in [1.54, 1.807) is 11.0 Å². The monoisotopic (exact) mass is 484 g/mol. The summed E-state index contributed by atoms with van der Waals surface area (Å²) < 4.78 is 55.8. The van der Waals surface area contributed by atoms with E-state index in [1.165, 1.54) is 35.2 Å². The number of nitrogens with two attached hydrogens (primary N) is 2. The number of anilines is 1. The van der Waals surface area contributed by atoms with E-state index in [-0.39, 0.29) is 24.7 Å². The Balaban J connectivity index is 1.73. The number of rotatable bonds is 6. The van der Waals surface area contributed by atoms with Crippen molar-refractivity contribution in [3.8, 4) is 0 Å². The van der Waals surface area contributed by atoms with E-state index in [0.29, 0.717) is 24.5 Å². The molecule has 1 saturated heterocycles. The highest BCUT2D eigenvalue weighted by Crippen LogP contribution is 2.22. The van der Waals surface area contributed by atoms with Crippen molar-refractivity contribution in [1.29, 1.82) is 0 Å². The average molecular weight is 484 g/mol. The minimum Gasteiger partial charge on any atom is -0.451 e. The second-order valence-electron chi connectivity index (χ2n) is 7.88. The molecular weight excluding hydrogens is 456 g/mol. The molecule has 2 heterocycles. The van der Waals surface area contributed by atoms with Gasteiger partial charge in [-0.2, -0.15) is 13.2 Å². The summed E-state index contributed by atoms with van der Waals surface area (Å²) in [6.45, 7) is 5.66. The third-order valence-electron chi connectivity index (χ3n) is 5.60. The molecule has 12 heteroatoms. The van der Waals surface area contributed by atoms with Crippen LogP contribution in [0.3, 0.4) is 0 Å². The maximum absolute atomic E-state index is 13.5. The van der Waals surface area contributed by atoms with E-state index in [0.717, 1.165) is 19.6 Å². The zero-order valence-electron chi connectivity index (χ0n) is 18.8. The first-order chi connectivity index (χ1) is 16.1. The second-order valence-corrected chi connectivity index (χ2v) is 7.88. The summed E-state index contributed by atoms with van der Waals surface area (Å²) in [5.74, 6) is -0.894. The van der Waals surface area contributed by atoms with Gasteiger partial charge in [-0.15, -0.1) is 0 Å². The highest BCUT2D eigenvalue weighted by molar-refractivity contribution is 6.05. The Hall–Kier alpha value is -3.12. The summed E-state index contributed by atoms with van der Waals surface area (Å²) in [4.78, 5) is 23.1. The number of hydrogen-bond acceptors (Lipinski definition) is 6. The van der Waals surface area contributed by atoms with Crippen molar-refractivity contribution in [2.45, 2.75) is 19.3 Å². The molecule has 0 radical (unpaired) electrons. The molecular formula is C22H28F4N6O2. The van der Waals surface area contributed by atoms with Gasteiger partial charge in [0.05, 0.1) is 18.8 Å². The van der Waals surface area contributed by atoms with Crippen LogP contribution in [0.1, 0.15) is 6.92 Å². The van der Waals surface area contributed by atoms with Crippen molar-refractivity contribution in [1.82, 2.24) is 9.80 Å². The first-order valence-corrected chi connectivity index (χ1v) is 10.8. The van der Waals surface area contributed by atoms with Gasteiger partial charge in [-0.3, -0.25) is 15.6 Å². The van der Waals surface area contributed by atoms with Gasteiger partial charge in [0, 0.05) is 37.4 Å². The minimum atomic E-state index is -4.75. The fourth-order valence-electron chi connectivity index (χ4n) is 3.51. The fourth-order valence-corrected chi connectivity index (χ4v) is 3.51. The molecule has 1 aromatic carbocycles. The van der Waals surface area contributed by atoms with Crippen LogP contribution in [0, 0.1) is 5.82 Å². The lowest BCUT2D eigenvalue weighted by molar-refractivity contribution is -0.208. The largest absolute Gasteiger partial charge is 0.451 e. The first-order valence-electron chi connectivity index (χ1n) is 10.8. The van der Waals surface area contributed by atoms with Crippen molar-refractivity contribution >= 4 is 17.4 Å². The molecule has 2 aliphatic rings. The number of halogens is 4. The smallest absolute Gasteiger partial charge is 0.439 e. The van der Waals surface area contributed by atoms with Gasteiger partial charge in [-0.05, 0) is 43.0 Å². The number of benzene rings is 1. The quantitative estimate of drug-likeness (QED) is 0.367. The van der Waals surface area contributed by atoms with Crippen LogP contribution in [-0.4, -0.2) is 79.8 Å². The number of urea groups is 1. The molecule has 0 aromatic heterocycles. The zero-order chi connectivity index (χ0) is 24.9. The molecule has 1 fully saturated rings. The number of ether oxygens (including phenoxy) is 1. The molecule has 1 aromatic rings. The Morgan fingerprint density at radius 1 is 1.18 bits per heavy atom. The predicted molar refractivity (Wildman–Crippen MR) is 121 cm³/mol. The molecule has 4 N–H and O–H groups in total. The molecule has 1 atom stereocenters. The number of likely N-dealkylation sites (N-methyl/N-ethyl adjacent to an activating group) is 1. The van der Waals surface area contributed by atoms with E-state index >= 15 is 0 Å². The topological polar surface area (TPSA) is 100 Å². The Morgan fingerprint density at radius 3 is 2.35 bits per heavy atom. The first kappa shape index (κ1) is 25.5. The van der Waals surface area contributed by atoms with E-state index in [2.05, 4.69) is 21.6 Å². The zero-order valence-corrected chi connectivity index (χ0v) is 18.8. The number of nitrogens with zero attached hydrogens (tertiary/aromatic N) is 4. The molecule has 0 bridgehead atoms. The van der Waals surface area contributed by atoms with E-state index in [4.69, 9.17) is 11.5 Å². The lowest BCUT2D eigenvalue weighted by atomic mass is 10.1. The summed E-state index contributed by atoms with van der Waals surface area (Å²) in [6.07, 6.45) is -4.27. The van der Waals surface area contributed by atoms with Gasteiger partial charge in [-0.1, -0.05) is 6.92 Å². The molecule has 3 rings (SSSR count). The number of amides is 2. The van der Waals surface area contributed by atoms with Gasteiger partial charge < -0.3 is 20.3 Å². The molecule has 2 aliphatic heterocycles. The Morgan fingerprint density at radius 2 is 1.82 bits per heavy atom. The predicted octanol–water partition coefficient (Wildman–Crippen LogP) is 2.43. The summed E-state index contributed by atoms with van der Waals surface area (Å²) in [6, 6.07) is 5.33. The normalized spacial score (nSPS) is 19.5. The number of dihydropyridines is 1. The van der Waals surface area contributed by atoms with Gasteiger partial charge >= 0.3 is 12.2 Å². The lowest BCUT2D eigenvalue weighted by Gasteiger charge is -2.37. The molecule has 8 nitrogen and oxygen atoms in total. The molecule has 0 aliphatic carbocycles. The van der Waals surface area contributed by atoms with Crippen molar-refractivity contribution in [3.05, 3.63) is 53.7 Å². The van der Waals surface area contributed by atoms with Crippen LogP contribution in [0.15, 0.2) is 52.9 Å². The number of alkyl halides is 3. The van der Waals surface area contributed by atoms with Crippen LogP contribution in [0.4, 0.5) is 28.0 Å². The van der Waals surface area contributed by atoms with E-state index < -0.39 is 24.1 Å². The lowest BCUT2D eigenvalue weighted by Crippen LogP contribution is -2.53. The van der Waals surface area contributed by atoms with Gasteiger partial charge in [0.25, 0.3) is 0 Å². The maximum Gasteiger partial charge on any atom is 0.439 e. The summed E-state index contributed by atoms with van der Waals surface area (Å²) in [5, 5.41) is 0. The molecule has 2 amide bonds. The van der Waals surface area contributed by atoms with Crippen LogP contribution in [0.5, 0.6) is 0 Å². The van der Waals surface area contributed by atoms with Crippen molar-refractivity contribution < 1.29 is 27.1 Å². The van der Waals surface area contributed by atoms with Crippen LogP contribution in [0.25, 0.3) is 0 Å². The maximum atomic E-state index is 13.5. The van der Waals surface area contributed by atoms with Crippen LogP contribution >= 0.6 is 0 Å². The summed E-state index contributed by atoms with van der Waals surface area (Å²) in [7, 11) is 0. The number of carbonyl (C=O) groups excluding carboxylic acids is 1. The average Bonchev–Trinajstić information content (AvgIpc) is 2.82. The standard InChI is InChI=1S/C22H28F4N6O2/c1-2-30-9-11-31(12-10-30)21(33)32(18-7-4-16(23)5-8-18)14-17-6-3-15(13-29-17)19(27)34-20(28)22(24,25)26/h3-8,20H,2,9-14,27-28H2,1H3.